The molecule has 152 valence electrons. The summed E-state index contributed by atoms with van der Waals surface area (Å²) in [6, 6.07) is 8.91. The molecule has 1 unspecified atom stereocenters. The highest BCUT2D eigenvalue weighted by Gasteiger charge is 2.29. The van der Waals surface area contributed by atoms with Gasteiger partial charge in [0, 0.05) is 24.4 Å². The van der Waals surface area contributed by atoms with Crippen molar-refractivity contribution in [3.05, 3.63) is 41.6 Å². The number of aromatic nitrogens is 1. The van der Waals surface area contributed by atoms with Crippen LogP contribution in [0.3, 0.4) is 0 Å². The molecule has 2 aromatic rings. The summed E-state index contributed by atoms with van der Waals surface area (Å²) in [6.07, 6.45) is 1.57. The summed E-state index contributed by atoms with van der Waals surface area (Å²) in [5.74, 6) is 0.446. The Kier molecular flexibility index (Phi) is 7.41. The third-order valence-electron chi connectivity index (χ3n) is 4.50. The molecule has 1 aromatic heterocycles. The van der Waals surface area contributed by atoms with Crippen LogP contribution in [0.2, 0.25) is 0 Å². The Morgan fingerprint density at radius 1 is 1.38 bits per heavy atom. The molecule has 0 radical (unpaired) electrons. The Hall–Kier alpha value is -2.67. The van der Waals surface area contributed by atoms with Crippen LogP contribution in [0.4, 0.5) is 0 Å². The smallest absolute Gasteiger partial charge is 0.252 e. The maximum atomic E-state index is 12.7. The van der Waals surface area contributed by atoms with Gasteiger partial charge in [-0.1, -0.05) is 6.07 Å². The lowest BCUT2D eigenvalue weighted by Crippen LogP contribution is -2.42. The Morgan fingerprint density at radius 2 is 2.24 bits per heavy atom. The van der Waals surface area contributed by atoms with Crippen LogP contribution in [0.5, 0.6) is 0 Å². The van der Waals surface area contributed by atoms with Crippen molar-refractivity contribution >= 4 is 34.5 Å². The number of benzene rings is 1. The van der Waals surface area contributed by atoms with Crippen molar-refractivity contribution in [2.45, 2.75) is 12.6 Å². The van der Waals surface area contributed by atoms with Crippen LogP contribution in [-0.4, -0.2) is 66.2 Å². The highest BCUT2D eigenvalue weighted by atomic mass is 32.2. The molecule has 0 spiro atoms. The number of pyridine rings is 1. The Labute approximate surface area is 173 Å². The zero-order valence-corrected chi connectivity index (χ0v) is 16.9. The molecule has 1 saturated heterocycles. The number of amides is 2. The maximum absolute atomic E-state index is 12.7. The molecular weight excluding hydrogens is 392 g/mol. The fourth-order valence-electron chi connectivity index (χ4n) is 2.96. The predicted molar refractivity (Wildman–Crippen MR) is 109 cm³/mol. The largest absolute Gasteiger partial charge is 0.382 e. The monoisotopic (exact) mass is 414 g/mol. The van der Waals surface area contributed by atoms with E-state index in [1.807, 2.05) is 18.2 Å². The molecule has 3 rings (SSSR count). The van der Waals surface area contributed by atoms with E-state index in [-0.39, 0.29) is 18.4 Å². The Balaban J connectivity index is 1.68. The average molecular weight is 414 g/mol. The quantitative estimate of drug-likeness (QED) is 0.654. The Morgan fingerprint density at radius 3 is 3.03 bits per heavy atom. The number of carbonyl (C=O) groups excluding carboxylic acids is 2. The van der Waals surface area contributed by atoms with Crippen molar-refractivity contribution in [2.75, 3.05) is 38.5 Å². The lowest BCUT2D eigenvalue weighted by molar-refractivity contribution is -0.129. The molecule has 2 amide bonds. The van der Waals surface area contributed by atoms with E-state index in [9.17, 15) is 9.59 Å². The number of nitrogens with zero attached hydrogens (tertiary/aromatic N) is 3. The van der Waals surface area contributed by atoms with Crippen LogP contribution < -0.4 is 5.32 Å². The molecule has 29 heavy (non-hydrogen) atoms. The van der Waals surface area contributed by atoms with Crippen molar-refractivity contribution in [3.8, 4) is 6.07 Å². The number of hydrogen-bond acceptors (Lipinski definition) is 7. The number of nitriles is 1. The van der Waals surface area contributed by atoms with Crippen molar-refractivity contribution in [2.24, 2.45) is 0 Å². The third-order valence-corrected chi connectivity index (χ3v) is 5.52. The van der Waals surface area contributed by atoms with E-state index in [0.717, 1.165) is 5.56 Å². The van der Waals surface area contributed by atoms with Gasteiger partial charge in [0.15, 0.2) is 0 Å². The van der Waals surface area contributed by atoms with Gasteiger partial charge in [0.2, 0.25) is 5.91 Å². The van der Waals surface area contributed by atoms with Gasteiger partial charge in [0.05, 0.1) is 49.4 Å². The van der Waals surface area contributed by atoms with Gasteiger partial charge in [-0.25, -0.2) is 0 Å². The van der Waals surface area contributed by atoms with Gasteiger partial charge in [-0.05, 0) is 23.8 Å². The second kappa shape index (κ2) is 10.2. The van der Waals surface area contributed by atoms with Crippen LogP contribution in [-0.2, 0) is 20.9 Å². The number of thioether (sulfide) groups is 1. The van der Waals surface area contributed by atoms with E-state index in [0.29, 0.717) is 47.9 Å². The first-order valence-electron chi connectivity index (χ1n) is 9.13. The van der Waals surface area contributed by atoms with Crippen LogP contribution in [0.15, 0.2) is 30.5 Å². The van der Waals surface area contributed by atoms with Crippen molar-refractivity contribution in [3.63, 3.8) is 0 Å². The molecule has 1 fully saturated rings. The van der Waals surface area contributed by atoms with Gasteiger partial charge in [-0.15, -0.1) is 11.8 Å². The highest BCUT2D eigenvalue weighted by Crippen LogP contribution is 2.21. The summed E-state index contributed by atoms with van der Waals surface area (Å²) in [5.41, 5.74) is 2.04. The van der Waals surface area contributed by atoms with Crippen molar-refractivity contribution < 1.29 is 19.1 Å². The zero-order chi connectivity index (χ0) is 20.6. The number of methoxy groups -OCH3 is 1. The molecule has 0 bridgehead atoms. The topological polar surface area (TPSA) is 105 Å². The summed E-state index contributed by atoms with van der Waals surface area (Å²) >= 11 is 1.53. The second-order valence-corrected chi connectivity index (χ2v) is 7.45. The van der Waals surface area contributed by atoms with Gasteiger partial charge in [-0.2, -0.15) is 5.26 Å². The Bertz CT molecular complexity index is 930. The van der Waals surface area contributed by atoms with Crippen LogP contribution >= 0.6 is 11.8 Å². The molecule has 1 atom stereocenters. The zero-order valence-electron chi connectivity index (χ0n) is 16.1. The third kappa shape index (κ3) is 5.23. The lowest BCUT2D eigenvalue weighted by atomic mass is 10.1. The number of nitrogens with one attached hydrogen (secondary N) is 1. The summed E-state index contributed by atoms with van der Waals surface area (Å²) in [7, 11) is 1.61. The minimum absolute atomic E-state index is 0.152. The van der Waals surface area contributed by atoms with Gasteiger partial charge in [0.1, 0.15) is 6.04 Å². The molecule has 1 N–H and O–H groups in total. The molecule has 0 aliphatic carbocycles. The number of ether oxygens (including phenoxy) is 2. The fourth-order valence-corrected chi connectivity index (χ4v) is 4.07. The normalized spacial score (nSPS) is 16.0. The molecule has 1 aromatic carbocycles. The van der Waals surface area contributed by atoms with Gasteiger partial charge in [-0.3, -0.25) is 14.6 Å². The first kappa shape index (κ1) is 21.0. The van der Waals surface area contributed by atoms with E-state index in [1.54, 1.807) is 19.4 Å². The van der Waals surface area contributed by atoms with Crippen molar-refractivity contribution in [1.29, 1.82) is 5.26 Å². The lowest BCUT2D eigenvalue weighted by Gasteiger charge is -2.18. The van der Waals surface area contributed by atoms with Crippen LogP contribution in [0.1, 0.15) is 15.9 Å². The van der Waals surface area contributed by atoms with E-state index >= 15 is 0 Å². The number of carbonyl (C=O) groups is 2. The number of hydrogen-bond donors (Lipinski definition) is 1. The second-order valence-electron chi connectivity index (χ2n) is 6.45. The van der Waals surface area contributed by atoms with Gasteiger partial charge in [0.25, 0.3) is 5.91 Å². The standard InChI is InChI=1S/C20H22N4O4S/c1-27-6-7-28-11-14-2-3-18-17(8-14)16(4-5-22-18)20(26)23-10-19(25)24-13-29-12-15(24)9-21/h2-5,8,15H,6-7,10-13H2,1H3,(H,23,26). The maximum Gasteiger partial charge on any atom is 0.252 e. The average Bonchev–Trinajstić information content (AvgIpc) is 3.23. The molecule has 9 heteroatoms. The van der Waals surface area contributed by atoms with E-state index in [2.05, 4.69) is 16.4 Å². The van der Waals surface area contributed by atoms with E-state index < -0.39 is 6.04 Å². The molecule has 2 heterocycles. The predicted octanol–water partition coefficient (Wildman–Crippen LogP) is 1.55. The number of fused-ring (bicyclic) bond motifs is 1. The summed E-state index contributed by atoms with van der Waals surface area (Å²) in [6.45, 7) is 1.24. The molecular formula is C20H22N4O4S. The minimum atomic E-state index is -0.438. The molecule has 8 nitrogen and oxygen atoms in total. The first-order valence-corrected chi connectivity index (χ1v) is 10.3. The first-order chi connectivity index (χ1) is 14.1. The van der Waals surface area contributed by atoms with Crippen LogP contribution in [0, 0.1) is 11.3 Å². The fraction of sp³-hybridized carbons (Fsp3) is 0.400. The van der Waals surface area contributed by atoms with Crippen LogP contribution in [0.25, 0.3) is 10.9 Å². The molecule has 0 saturated carbocycles. The summed E-state index contributed by atoms with van der Waals surface area (Å²) in [4.78, 5) is 30.8. The molecule has 1 aliphatic rings. The highest BCUT2D eigenvalue weighted by molar-refractivity contribution is 7.99. The van der Waals surface area contributed by atoms with Gasteiger partial charge < -0.3 is 19.7 Å². The summed E-state index contributed by atoms with van der Waals surface area (Å²) < 4.78 is 10.5. The summed E-state index contributed by atoms with van der Waals surface area (Å²) in [5, 5.41) is 12.5. The van der Waals surface area contributed by atoms with E-state index in [1.165, 1.54) is 16.7 Å². The minimum Gasteiger partial charge on any atom is -0.382 e. The SMILES string of the molecule is COCCOCc1ccc2nccc(C(=O)NCC(=O)N3CSCC3C#N)c2c1. The molecule has 1 aliphatic heterocycles. The van der Waals surface area contributed by atoms with E-state index in [4.69, 9.17) is 14.7 Å². The van der Waals surface area contributed by atoms with Crippen molar-refractivity contribution in [1.82, 2.24) is 15.2 Å². The van der Waals surface area contributed by atoms with Gasteiger partial charge >= 0.3 is 0 Å². The number of rotatable bonds is 8.